The first-order valence-corrected chi connectivity index (χ1v) is 7.06. The Bertz CT molecular complexity index is 669. The van der Waals surface area contributed by atoms with Gasteiger partial charge in [-0.3, -0.25) is 0 Å². The van der Waals surface area contributed by atoms with E-state index in [1.165, 1.54) is 12.1 Å². The second kappa shape index (κ2) is 5.97. The van der Waals surface area contributed by atoms with E-state index < -0.39 is 5.97 Å². The van der Waals surface area contributed by atoms with Crippen molar-refractivity contribution in [2.75, 3.05) is 25.1 Å². The number of anilines is 1. The molecule has 0 spiro atoms. The van der Waals surface area contributed by atoms with Crippen LogP contribution in [-0.2, 0) is 0 Å². The molecule has 0 fully saturated rings. The summed E-state index contributed by atoms with van der Waals surface area (Å²) in [5.74, 6) is 0.543. The first kappa shape index (κ1) is 14.3. The summed E-state index contributed by atoms with van der Waals surface area (Å²) in [6.07, 6.45) is -0.0703. The van der Waals surface area contributed by atoms with E-state index in [0.717, 1.165) is 18.0 Å². The standard InChI is InChI=1S/C17H17NO4/c1-18-10-14(22-16-5-3-2-4-15(16)18)11-21-13-8-6-12(7-9-13)17(19)20/h2-9,14H,10-11H2,1H3,(H,19,20)/t14-/m0/s1. The van der Waals surface area contributed by atoms with Crippen LogP contribution >= 0.6 is 0 Å². The van der Waals surface area contributed by atoms with Crippen molar-refractivity contribution in [2.24, 2.45) is 0 Å². The molecule has 0 bridgehead atoms. The molecule has 0 amide bonds. The summed E-state index contributed by atoms with van der Waals surface area (Å²) in [4.78, 5) is 12.9. The molecule has 1 atom stereocenters. The molecule has 2 aromatic carbocycles. The Morgan fingerprint density at radius 1 is 1.27 bits per heavy atom. The van der Waals surface area contributed by atoms with E-state index in [9.17, 15) is 4.79 Å². The Kier molecular flexibility index (Phi) is 3.87. The molecular formula is C17H17NO4. The number of hydrogen-bond donors (Lipinski definition) is 1. The van der Waals surface area contributed by atoms with Crippen molar-refractivity contribution in [3.63, 3.8) is 0 Å². The molecule has 3 rings (SSSR count). The fourth-order valence-corrected chi connectivity index (χ4v) is 2.46. The van der Waals surface area contributed by atoms with Gasteiger partial charge in [0.05, 0.1) is 17.8 Å². The third-order valence-corrected chi connectivity index (χ3v) is 3.58. The molecule has 1 heterocycles. The molecule has 5 heteroatoms. The van der Waals surface area contributed by atoms with Crippen molar-refractivity contribution in [1.82, 2.24) is 0 Å². The van der Waals surface area contributed by atoms with Crippen molar-refractivity contribution >= 4 is 11.7 Å². The summed E-state index contributed by atoms with van der Waals surface area (Å²) in [5, 5.41) is 8.87. The molecule has 5 nitrogen and oxygen atoms in total. The number of fused-ring (bicyclic) bond motifs is 1. The van der Waals surface area contributed by atoms with Gasteiger partial charge in [-0.2, -0.15) is 0 Å². The summed E-state index contributed by atoms with van der Waals surface area (Å²) >= 11 is 0. The number of rotatable bonds is 4. The van der Waals surface area contributed by atoms with Crippen molar-refractivity contribution in [2.45, 2.75) is 6.10 Å². The molecule has 1 N–H and O–H groups in total. The summed E-state index contributed by atoms with van der Waals surface area (Å²) in [6, 6.07) is 14.3. The van der Waals surface area contributed by atoms with E-state index in [1.807, 2.05) is 31.3 Å². The predicted octanol–water partition coefficient (Wildman–Crippen LogP) is 2.66. The SMILES string of the molecule is CN1C[C@@H](COc2ccc(C(=O)O)cc2)Oc2ccccc21. The van der Waals surface area contributed by atoms with Crippen LogP contribution in [0.3, 0.4) is 0 Å². The zero-order chi connectivity index (χ0) is 15.5. The monoisotopic (exact) mass is 299 g/mol. The van der Waals surface area contributed by atoms with E-state index in [2.05, 4.69) is 4.90 Å². The minimum atomic E-state index is -0.944. The van der Waals surface area contributed by atoms with Crippen molar-refractivity contribution < 1.29 is 19.4 Å². The van der Waals surface area contributed by atoms with Crippen LogP contribution in [0.1, 0.15) is 10.4 Å². The zero-order valence-corrected chi connectivity index (χ0v) is 12.2. The molecule has 1 aliphatic heterocycles. The van der Waals surface area contributed by atoms with Crippen LogP contribution in [0.4, 0.5) is 5.69 Å². The highest BCUT2D eigenvalue weighted by molar-refractivity contribution is 5.87. The summed E-state index contributed by atoms with van der Waals surface area (Å²) in [6.45, 7) is 1.15. The second-order valence-corrected chi connectivity index (χ2v) is 5.23. The first-order chi connectivity index (χ1) is 10.6. The lowest BCUT2D eigenvalue weighted by molar-refractivity contribution is 0.0696. The smallest absolute Gasteiger partial charge is 0.335 e. The molecule has 114 valence electrons. The van der Waals surface area contributed by atoms with Crippen LogP contribution in [0.15, 0.2) is 48.5 Å². The molecule has 22 heavy (non-hydrogen) atoms. The summed E-state index contributed by atoms with van der Waals surface area (Å²) in [7, 11) is 2.02. The number of likely N-dealkylation sites (N-methyl/N-ethyl adjacent to an activating group) is 1. The quantitative estimate of drug-likeness (QED) is 0.940. The van der Waals surface area contributed by atoms with Crippen LogP contribution in [0, 0.1) is 0 Å². The van der Waals surface area contributed by atoms with Crippen LogP contribution in [0.5, 0.6) is 11.5 Å². The fourth-order valence-electron chi connectivity index (χ4n) is 2.46. The highest BCUT2D eigenvalue weighted by Gasteiger charge is 2.23. The molecule has 0 aromatic heterocycles. The Morgan fingerprint density at radius 2 is 2.00 bits per heavy atom. The number of benzene rings is 2. The van der Waals surface area contributed by atoms with Crippen molar-refractivity contribution in [3.05, 3.63) is 54.1 Å². The average molecular weight is 299 g/mol. The molecule has 0 radical (unpaired) electrons. The lowest BCUT2D eigenvalue weighted by atomic mass is 10.2. The number of para-hydroxylation sites is 2. The van der Waals surface area contributed by atoms with Gasteiger partial charge < -0.3 is 19.5 Å². The van der Waals surface area contributed by atoms with Gasteiger partial charge in [0, 0.05) is 7.05 Å². The maximum atomic E-state index is 10.8. The van der Waals surface area contributed by atoms with Gasteiger partial charge in [0.15, 0.2) is 0 Å². The molecular weight excluding hydrogens is 282 g/mol. The number of aromatic carboxylic acids is 1. The lowest BCUT2D eigenvalue weighted by Crippen LogP contribution is -2.41. The normalized spacial score (nSPS) is 16.6. The van der Waals surface area contributed by atoms with Crippen molar-refractivity contribution in [1.29, 1.82) is 0 Å². The first-order valence-electron chi connectivity index (χ1n) is 7.06. The third-order valence-electron chi connectivity index (χ3n) is 3.58. The van der Waals surface area contributed by atoms with Crippen LogP contribution in [-0.4, -0.2) is 37.4 Å². The van der Waals surface area contributed by atoms with E-state index in [0.29, 0.717) is 12.4 Å². The van der Waals surface area contributed by atoms with E-state index in [-0.39, 0.29) is 11.7 Å². The van der Waals surface area contributed by atoms with Crippen LogP contribution in [0.25, 0.3) is 0 Å². The molecule has 0 saturated carbocycles. The molecule has 0 saturated heterocycles. The molecule has 0 unspecified atom stereocenters. The van der Waals surface area contributed by atoms with Crippen molar-refractivity contribution in [3.8, 4) is 11.5 Å². The largest absolute Gasteiger partial charge is 0.490 e. The number of ether oxygens (including phenoxy) is 2. The Labute approximate surface area is 128 Å². The molecule has 1 aliphatic rings. The number of carboxylic acids is 1. The average Bonchev–Trinajstić information content (AvgIpc) is 2.53. The van der Waals surface area contributed by atoms with E-state index in [1.54, 1.807) is 12.1 Å². The predicted molar refractivity (Wildman–Crippen MR) is 83.0 cm³/mol. The van der Waals surface area contributed by atoms with Gasteiger partial charge in [0.2, 0.25) is 0 Å². The van der Waals surface area contributed by atoms with Gasteiger partial charge in [0.25, 0.3) is 0 Å². The third kappa shape index (κ3) is 2.98. The van der Waals surface area contributed by atoms with Gasteiger partial charge in [-0.25, -0.2) is 4.79 Å². The van der Waals surface area contributed by atoms with Gasteiger partial charge in [-0.15, -0.1) is 0 Å². The number of carboxylic acid groups (broad SMARTS) is 1. The number of carbonyl (C=O) groups is 1. The van der Waals surface area contributed by atoms with E-state index >= 15 is 0 Å². The van der Waals surface area contributed by atoms with Crippen LogP contribution < -0.4 is 14.4 Å². The second-order valence-electron chi connectivity index (χ2n) is 5.23. The van der Waals surface area contributed by atoms with Gasteiger partial charge in [0.1, 0.15) is 24.2 Å². The highest BCUT2D eigenvalue weighted by atomic mass is 16.5. The highest BCUT2D eigenvalue weighted by Crippen LogP contribution is 2.31. The van der Waals surface area contributed by atoms with Gasteiger partial charge in [-0.1, -0.05) is 12.1 Å². The lowest BCUT2D eigenvalue weighted by Gasteiger charge is -2.33. The van der Waals surface area contributed by atoms with Crippen LogP contribution in [0.2, 0.25) is 0 Å². The number of hydrogen-bond acceptors (Lipinski definition) is 4. The Hall–Kier alpha value is -2.69. The summed E-state index contributed by atoms with van der Waals surface area (Å²) in [5.41, 5.74) is 1.32. The molecule has 2 aromatic rings. The maximum absolute atomic E-state index is 10.8. The number of nitrogens with zero attached hydrogens (tertiary/aromatic N) is 1. The topological polar surface area (TPSA) is 59.0 Å². The zero-order valence-electron chi connectivity index (χ0n) is 12.2. The molecule has 0 aliphatic carbocycles. The minimum Gasteiger partial charge on any atom is -0.490 e. The van der Waals surface area contributed by atoms with Gasteiger partial charge in [-0.05, 0) is 36.4 Å². The maximum Gasteiger partial charge on any atom is 0.335 e. The van der Waals surface area contributed by atoms with E-state index in [4.69, 9.17) is 14.6 Å². The fraction of sp³-hybridized carbons (Fsp3) is 0.235. The minimum absolute atomic E-state index is 0.0703. The Morgan fingerprint density at radius 3 is 2.73 bits per heavy atom. The summed E-state index contributed by atoms with van der Waals surface area (Å²) < 4.78 is 11.6. The van der Waals surface area contributed by atoms with Gasteiger partial charge >= 0.3 is 5.97 Å². The Balaban J connectivity index is 1.62.